The third kappa shape index (κ3) is 9.22. The lowest BCUT2D eigenvalue weighted by Gasteiger charge is -2.42. The van der Waals surface area contributed by atoms with Crippen LogP contribution in [0.25, 0.3) is 16.8 Å². The van der Waals surface area contributed by atoms with Crippen molar-refractivity contribution in [1.29, 1.82) is 0 Å². The van der Waals surface area contributed by atoms with Gasteiger partial charge in [-0.1, -0.05) is 102 Å². The van der Waals surface area contributed by atoms with E-state index in [0.717, 1.165) is 17.5 Å². The minimum Gasteiger partial charge on any atom is -0.340 e. The second-order valence-electron chi connectivity index (χ2n) is 11.8. The fourth-order valence-electron chi connectivity index (χ4n) is 6.01. The van der Waals surface area contributed by atoms with E-state index in [1.807, 2.05) is 47.4 Å². The minimum absolute atomic E-state index is 0.0824. The van der Waals surface area contributed by atoms with E-state index in [-0.39, 0.29) is 18.2 Å². The summed E-state index contributed by atoms with van der Waals surface area (Å²) >= 11 is 12.6. The predicted molar refractivity (Wildman–Crippen MR) is 190 cm³/mol. The molecule has 0 aliphatic carbocycles. The number of halogens is 2. The van der Waals surface area contributed by atoms with Crippen LogP contribution in [0, 0.1) is 0 Å². The maximum absolute atomic E-state index is 14.3. The molecule has 0 saturated carbocycles. The summed E-state index contributed by atoms with van der Waals surface area (Å²) < 4.78 is 0. The zero-order valence-corrected chi connectivity index (χ0v) is 27.8. The molecular formula is C38H40Cl2N4O3. The van der Waals surface area contributed by atoms with E-state index in [1.54, 1.807) is 29.2 Å². The van der Waals surface area contributed by atoms with E-state index in [1.165, 1.54) is 16.8 Å². The Morgan fingerprint density at radius 3 is 2.45 bits per heavy atom. The first-order chi connectivity index (χ1) is 22.8. The van der Waals surface area contributed by atoms with Gasteiger partial charge in [0.1, 0.15) is 12.1 Å². The third-order valence-electron chi connectivity index (χ3n) is 8.56. The van der Waals surface area contributed by atoms with Crippen molar-refractivity contribution in [3.8, 4) is 0 Å². The van der Waals surface area contributed by atoms with Crippen molar-refractivity contribution in [2.24, 2.45) is 5.73 Å². The Bertz CT molecular complexity index is 1730. The SMILES string of the molecule is NCCCCC1C(=O)N(CCc2ccc3ccccc3c2)CCN1C(=O)[C@@H](Cc1ccc(Cl)cc1Cl)NC(=O)C=Cc1ccccc1. The summed E-state index contributed by atoms with van der Waals surface area (Å²) in [5.41, 5.74) is 8.46. The maximum Gasteiger partial charge on any atom is 0.246 e. The molecule has 244 valence electrons. The molecule has 3 N–H and O–H groups in total. The van der Waals surface area contributed by atoms with Crippen molar-refractivity contribution in [3.05, 3.63) is 124 Å². The number of unbranched alkanes of at least 4 members (excludes halogenated alkanes) is 1. The molecule has 0 spiro atoms. The van der Waals surface area contributed by atoms with Crippen LogP contribution in [0.3, 0.4) is 0 Å². The number of nitrogens with one attached hydrogen (secondary N) is 1. The molecule has 47 heavy (non-hydrogen) atoms. The van der Waals surface area contributed by atoms with Gasteiger partial charge in [0.15, 0.2) is 0 Å². The summed E-state index contributed by atoms with van der Waals surface area (Å²) in [5.74, 6) is -0.823. The van der Waals surface area contributed by atoms with Gasteiger partial charge in [0.2, 0.25) is 17.7 Å². The van der Waals surface area contributed by atoms with Crippen molar-refractivity contribution in [2.75, 3.05) is 26.2 Å². The monoisotopic (exact) mass is 670 g/mol. The fourth-order valence-corrected chi connectivity index (χ4v) is 6.49. The number of nitrogens with two attached hydrogens (primary N) is 1. The first-order valence-electron chi connectivity index (χ1n) is 16.1. The lowest BCUT2D eigenvalue weighted by Crippen LogP contribution is -2.62. The summed E-state index contributed by atoms with van der Waals surface area (Å²) in [7, 11) is 0. The molecule has 1 fully saturated rings. The third-order valence-corrected chi connectivity index (χ3v) is 9.15. The van der Waals surface area contributed by atoms with Crippen LogP contribution in [0.2, 0.25) is 10.0 Å². The summed E-state index contributed by atoms with van der Waals surface area (Å²) in [6.07, 6.45) is 5.90. The van der Waals surface area contributed by atoms with Gasteiger partial charge >= 0.3 is 0 Å². The topological polar surface area (TPSA) is 95.7 Å². The van der Waals surface area contributed by atoms with E-state index in [9.17, 15) is 14.4 Å². The van der Waals surface area contributed by atoms with Crippen molar-refractivity contribution in [2.45, 2.75) is 44.2 Å². The van der Waals surface area contributed by atoms with Crippen LogP contribution in [0.15, 0.2) is 97.1 Å². The molecule has 0 radical (unpaired) electrons. The molecule has 3 amide bonds. The fraction of sp³-hybridized carbons (Fsp3) is 0.289. The number of hydrogen-bond donors (Lipinski definition) is 2. The number of piperazine rings is 1. The van der Waals surface area contributed by atoms with Crippen molar-refractivity contribution in [1.82, 2.24) is 15.1 Å². The van der Waals surface area contributed by atoms with Crippen molar-refractivity contribution < 1.29 is 14.4 Å². The van der Waals surface area contributed by atoms with Gasteiger partial charge in [-0.3, -0.25) is 14.4 Å². The van der Waals surface area contributed by atoms with Crippen molar-refractivity contribution in [3.63, 3.8) is 0 Å². The lowest BCUT2D eigenvalue weighted by molar-refractivity contribution is -0.153. The van der Waals surface area contributed by atoms with Gasteiger partial charge in [-0.15, -0.1) is 0 Å². The molecule has 1 heterocycles. The summed E-state index contributed by atoms with van der Waals surface area (Å²) in [4.78, 5) is 44.9. The highest BCUT2D eigenvalue weighted by Gasteiger charge is 2.39. The first-order valence-corrected chi connectivity index (χ1v) is 16.8. The van der Waals surface area contributed by atoms with Crippen LogP contribution >= 0.6 is 23.2 Å². The molecule has 4 aromatic carbocycles. The molecule has 0 bridgehead atoms. The second kappa shape index (κ2) is 16.6. The van der Waals surface area contributed by atoms with Crippen LogP contribution in [0.5, 0.6) is 0 Å². The molecule has 1 aliphatic rings. The predicted octanol–water partition coefficient (Wildman–Crippen LogP) is 6.30. The standard InChI is InChI=1S/C38H40Cl2N4O3/c39-32-17-16-31(33(40)26-32)25-34(42-36(45)18-14-27-8-2-1-3-9-27)37(46)44-23-22-43(38(47)35(44)12-6-7-20-41)21-19-28-13-15-29-10-4-5-11-30(29)24-28/h1-5,8-11,13-18,24,26,34-35H,6-7,12,19-23,25,41H2,(H,42,45)/t34-,35?/m1/s1. The molecule has 1 aliphatic heterocycles. The number of fused-ring (bicyclic) bond motifs is 1. The van der Waals surface area contributed by atoms with E-state index in [2.05, 4.69) is 35.6 Å². The highest BCUT2D eigenvalue weighted by Crippen LogP contribution is 2.25. The molecule has 0 aromatic heterocycles. The maximum atomic E-state index is 14.3. The molecule has 2 atom stereocenters. The van der Waals surface area contributed by atoms with E-state index in [4.69, 9.17) is 28.9 Å². The summed E-state index contributed by atoms with van der Waals surface area (Å²) in [6, 6.07) is 27.5. The number of carbonyl (C=O) groups excluding carboxylic acids is 3. The van der Waals surface area contributed by atoms with Gasteiger partial charge in [0.05, 0.1) is 0 Å². The minimum atomic E-state index is -0.949. The summed E-state index contributed by atoms with van der Waals surface area (Å²) in [6.45, 7) is 1.82. The quantitative estimate of drug-likeness (QED) is 0.129. The van der Waals surface area contributed by atoms with Gasteiger partial charge in [-0.25, -0.2) is 0 Å². The number of carbonyl (C=O) groups is 3. The average Bonchev–Trinajstić information content (AvgIpc) is 3.08. The first kappa shape index (κ1) is 34.2. The van der Waals surface area contributed by atoms with E-state index < -0.39 is 18.0 Å². The Kier molecular flexibility index (Phi) is 12.1. The highest BCUT2D eigenvalue weighted by molar-refractivity contribution is 6.35. The Hall–Kier alpha value is -4.17. The molecule has 7 nitrogen and oxygen atoms in total. The molecule has 9 heteroatoms. The van der Waals surface area contributed by atoms with Crippen molar-refractivity contribution >= 4 is 57.8 Å². The number of hydrogen-bond acceptors (Lipinski definition) is 4. The van der Waals surface area contributed by atoms with Gasteiger partial charge in [0, 0.05) is 42.2 Å². The zero-order chi connectivity index (χ0) is 33.2. The number of benzene rings is 4. The molecule has 1 saturated heterocycles. The molecule has 4 aromatic rings. The summed E-state index contributed by atoms with van der Waals surface area (Å²) in [5, 5.41) is 6.11. The Morgan fingerprint density at radius 1 is 0.915 bits per heavy atom. The van der Waals surface area contributed by atoms with Crippen LogP contribution in [0.4, 0.5) is 0 Å². The Morgan fingerprint density at radius 2 is 1.68 bits per heavy atom. The molecule has 1 unspecified atom stereocenters. The van der Waals surface area contributed by atoms with E-state index in [0.29, 0.717) is 61.1 Å². The van der Waals surface area contributed by atoms with Crippen LogP contribution in [0.1, 0.15) is 36.0 Å². The van der Waals surface area contributed by atoms with Gasteiger partial charge in [0.25, 0.3) is 0 Å². The Labute approximate surface area is 286 Å². The Balaban J connectivity index is 1.34. The van der Waals surface area contributed by atoms with E-state index >= 15 is 0 Å². The molecular weight excluding hydrogens is 631 g/mol. The van der Waals surface area contributed by atoms with Crippen LogP contribution in [-0.4, -0.2) is 65.8 Å². The normalized spacial score (nSPS) is 15.7. The number of nitrogens with zero attached hydrogens (tertiary/aromatic N) is 2. The number of amides is 3. The molecule has 5 rings (SSSR count). The average molecular weight is 672 g/mol. The zero-order valence-electron chi connectivity index (χ0n) is 26.3. The van der Waals surface area contributed by atoms with Crippen LogP contribution < -0.4 is 11.1 Å². The highest BCUT2D eigenvalue weighted by atomic mass is 35.5. The number of rotatable bonds is 13. The van der Waals surface area contributed by atoms with Gasteiger partial charge in [-0.2, -0.15) is 0 Å². The second-order valence-corrected chi connectivity index (χ2v) is 12.7. The largest absolute Gasteiger partial charge is 0.340 e. The van der Waals surface area contributed by atoms with Gasteiger partial charge < -0.3 is 20.9 Å². The van der Waals surface area contributed by atoms with Crippen LogP contribution in [-0.2, 0) is 27.2 Å². The van der Waals surface area contributed by atoms with Gasteiger partial charge in [-0.05, 0) is 77.9 Å². The smallest absolute Gasteiger partial charge is 0.246 e. The lowest BCUT2D eigenvalue weighted by atomic mass is 9.99.